The maximum absolute atomic E-state index is 10.2. The van der Waals surface area contributed by atoms with Gasteiger partial charge in [-0.3, -0.25) is 0 Å². The standard InChI is InChI=1S/C17H12N4O2/c22-14-6-5-10(11-3-1-8-19-17(11)23)9-12(14)15-20-13-4-2-7-18-16(13)21-15/h1-9,22H,(H,19,23)(H,18,20,21). The van der Waals surface area contributed by atoms with Gasteiger partial charge < -0.3 is 15.2 Å². The summed E-state index contributed by atoms with van der Waals surface area (Å²) in [5.74, 6) is 0.549. The number of nitrogens with zero attached hydrogens (tertiary/aromatic N) is 3. The van der Waals surface area contributed by atoms with Gasteiger partial charge in [-0.1, -0.05) is 6.07 Å². The molecule has 0 fully saturated rings. The van der Waals surface area contributed by atoms with Crippen LogP contribution in [0.1, 0.15) is 0 Å². The average Bonchev–Trinajstić information content (AvgIpc) is 3.00. The molecule has 6 nitrogen and oxygen atoms in total. The minimum Gasteiger partial charge on any atom is -0.507 e. The van der Waals surface area contributed by atoms with E-state index in [1.54, 1.807) is 36.5 Å². The zero-order valence-electron chi connectivity index (χ0n) is 11.9. The van der Waals surface area contributed by atoms with Gasteiger partial charge in [0.15, 0.2) is 5.65 Å². The molecule has 112 valence electrons. The second kappa shape index (κ2) is 5.10. The molecule has 3 N–H and O–H groups in total. The number of nitrogens with one attached hydrogen (secondary N) is 1. The third kappa shape index (κ3) is 2.26. The third-order valence-corrected chi connectivity index (χ3v) is 3.61. The van der Waals surface area contributed by atoms with Crippen molar-refractivity contribution >= 4 is 11.2 Å². The van der Waals surface area contributed by atoms with Gasteiger partial charge in [0, 0.05) is 18.0 Å². The van der Waals surface area contributed by atoms with Crippen molar-refractivity contribution < 1.29 is 10.2 Å². The Kier molecular flexibility index (Phi) is 2.94. The van der Waals surface area contributed by atoms with Crippen molar-refractivity contribution in [1.29, 1.82) is 0 Å². The van der Waals surface area contributed by atoms with Crippen LogP contribution in [0.25, 0.3) is 33.7 Å². The summed E-state index contributed by atoms with van der Waals surface area (Å²) in [5, 5.41) is 20.1. The molecule has 0 aliphatic heterocycles. The number of pyridine rings is 2. The van der Waals surface area contributed by atoms with E-state index in [1.165, 1.54) is 6.20 Å². The van der Waals surface area contributed by atoms with Gasteiger partial charge >= 0.3 is 0 Å². The first-order chi connectivity index (χ1) is 11.2. The molecule has 6 heteroatoms. The number of phenolic OH excluding ortho intramolecular Hbond substituents is 1. The van der Waals surface area contributed by atoms with Crippen molar-refractivity contribution in [1.82, 2.24) is 19.9 Å². The van der Waals surface area contributed by atoms with Crippen LogP contribution >= 0.6 is 0 Å². The Morgan fingerprint density at radius 2 is 1.70 bits per heavy atom. The van der Waals surface area contributed by atoms with Crippen molar-refractivity contribution in [3.8, 4) is 34.1 Å². The van der Waals surface area contributed by atoms with E-state index < -0.39 is 0 Å². The molecular weight excluding hydrogens is 292 g/mol. The zero-order valence-corrected chi connectivity index (χ0v) is 11.9. The molecule has 0 spiro atoms. The molecule has 0 amide bonds. The highest BCUT2D eigenvalue weighted by molar-refractivity contribution is 5.81. The van der Waals surface area contributed by atoms with Gasteiger partial charge in [0.2, 0.25) is 5.88 Å². The van der Waals surface area contributed by atoms with E-state index in [4.69, 9.17) is 0 Å². The molecule has 0 radical (unpaired) electrons. The Morgan fingerprint density at radius 1 is 0.870 bits per heavy atom. The van der Waals surface area contributed by atoms with Gasteiger partial charge in [-0.05, 0) is 42.0 Å². The Labute approximate surface area is 131 Å². The summed E-state index contributed by atoms with van der Waals surface area (Å²) in [6, 6.07) is 12.2. The smallest absolute Gasteiger partial charge is 0.218 e. The Hall–Kier alpha value is -3.41. The number of H-pyrrole nitrogens is 1. The second-order valence-electron chi connectivity index (χ2n) is 5.07. The third-order valence-electron chi connectivity index (χ3n) is 3.61. The highest BCUT2D eigenvalue weighted by Crippen LogP contribution is 2.35. The summed E-state index contributed by atoms with van der Waals surface area (Å²) in [6.07, 6.45) is 3.18. The molecule has 0 saturated heterocycles. The Balaban J connectivity index is 1.88. The molecule has 4 aromatic rings. The van der Waals surface area contributed by atoms with Crippen molar-refractivity contribution in [2.75, 3.05) is 0 Å². The first kappa shape index (κ1) is 13.3. The quantitative estimate of drug-likeness (QED) is 0.529. The molecule has 0 atom stereocenters. The predicted molar refractivity (Wildman–Crippen MR) is 85.9 cm³/mol. The number of aromatic amines is 1. The van der Waals surface area contributed by atoms with Crippen LogP contribution < -0.4 is 0 Å². The number of hydrogen-bond acceptors (Lipinski definition) is 5. The number of aromatic nitrogens is 4. The molecule has 1 aromatic carbocycles. The van der Waals surface area contributed by atoms with Crippen molar-refractivity contribution in [2.45, 2.75) is 0 Å². The van der Waals surface area contributed by atoms with Gasteiger partial charge in [0.05, 0.1) is 11.1 Å². The molecule has 0 bridgehead atoms. The number of rotatable bonds is 2. The van der Waals surface area contributed by atoms with Crippen LogP contribution in [-0.2, 0) is 0 Å². The molecule has 3 aromatic heterocycles. The Bertz CT molecular complexity index is 977. The molecule has 0 saturated carbocycles. The topological polar surface area (TPSA) is 94.9 Å². The van der Waals surface area contributed by atoms with Gasteiger partial charge in [-0.15, -0.1) is 0 Å². The molecule has 0 unspecified atom stereocenters. The van der Waals surface area contributed by atoms with E-state index in [-0.39, 0.29) is 11.6 Å². The first-order valence-electron chi connectivity index (χ1n) is 7.01. The van der Waals surface area contributed by atoms with Gasteiger partial charge in [-0.25, -0.2) is 15.0 Å². The molecule has 23 heavy (non-hydrogen) atoms. The SMILES string of the molecule is Oc1ccc(-c2cccnc2O)cc1-c1nc2ncccc2[nH]1. The maximum atomic E-state index is 10.2. The molecule has 3 heterocycles. The summed E-state index contributed by atoms with van der Waals surface area (Å²) in [6.45, 7) is 0. The highest BCUT2D eigenvalue weighted by atomic mass is 16.3. The number of imidazole rings is 1. The van der Waals surface area contributed by atoms with Gasteiger partial charge in [0.1, 0.15) is 11.6 Å². The first-order valence-corrected chi connectivity index (χ1v) is 7.01. The largest absolute Gasteiger partial charge is 0.507 e. The van der Waals surface area contributed by atoms with Crippen LogP contribution in [-0.4, -0.2) is 30.1 Å². The van der Waals surface area contributed by atoms with Crippen LogP contribution in [0.3, 0.4) is 0 Å². The van der Waals surface area contributed by atoms with Crippen molar-refractivity contribution in [3.63, 3.8) is 0 Å². The minimum absolute atomic E-state index is 0.0598. The lowest BCUT2D eigenvalue weighted by molar-refractivity contribution is 0.455. The van der Waals surface area contributed by atoms with Crippen molar-refractivity contribution in [2.24, 2.45) is 0 Å². The van der Waals surface area contributed by atoms with Crippen LogP contribution in [0.4, 0.5) is 0 Å². The van der Waals surface area contributed by atoms with Gasteiger partial charge in [-0.2, -0.15) is 0 Å². The number of phenols is 1. The van der Waals surface area contributed by atoms with E-state index in [9.17, 15) is 10.2 Å². The lowest BCUT2D eigenvalue weighted by Crippen LogP contribution is -1.86. The number of aromatic hydroxyl groups is 2. The summed E-state index contributed by atoms with van der Waals surface area (Å²) < 4.78 is 0. The summed E-state index contributed by atoms with van der Waals surface area (Å²) in [4.78, 5) is 15.6. The second-order valence-corrected chi connectivity index (χ2v) is 5.07. The summed E-state index contributed by atoms with van der Waals surface area (Å²) in [5.41, 5.74) is 3.22. The van der Waals surface area contributed by atoms with Crippen LogP contribution in [0, 0.1) is 0 Å². The summed E-state index contributed by atoms with van der Waals surface area (Å²) in [7, 11) is 0. The van der Waals surface area contributed by atoms with E-state index in [2.05, 4.69) is 19.9 Å². The summed E-state index contributed by atoms with van der Waals surface area (Å²) >= 11 is 0. The number of benzene rings is 1. The van der Waals surface area contributed by atoms with Crippen LogP contribution in [0.2, 0.25) is 0 Å². The monoisotopic (exact) mass is 304 g/mol. The van der Waals surface area contributed by atoms with Gasteiger partial charge in [0.25, 0.3) is 0 Å². The van der Waals surface area contributed by atoms with Crippen molar-refractivity contribution in [3.05, 3.63) is 54.9 Å². The molecule has 0 aliphatic carbocycles. The normalized spacial score (nSPS) is 11.0. The number of fused-ring (bicyclic) bond motifs is 1. The Morgan fingerprint density at radius 3 is 2.52 bits per heavy atom. The number of hydrogen-bond donors (Lipinski definition) is 3. The fraction of sp³-hybridized carbons (Fsp3) is 0. The predicted octanol–water partition coefficient (Wildman–Crippen LogP) is 3.10. The fourth-order valence-corrected chi connectivity index (χ4v) is 2.49. The van der Waals surface area contributed by atoms with Crippen LogP contribution in [0.5, 0.6) is 11.6 Å². The lowest BCUT2D eigenvalue weighted by atomic mass is 10.0. The maximum Gasteiger partial charge on any atom is 0.218 e. The zero-order chi connectivity index (χ0) is 15.8. The molecule has 4 rings (SSSR count). The highest BCUT2D eigenvalue weighted by Gasteiger charge is 2.13. The van der Waals surface area contributed by atoms with E-state index in [0.717, 1.165) is 11.1 Å². The molecular formula is C17H12N4O2. The minimum atomic E-state index is -0.0598. The van der Waals surface area contributed by atoms with E-state index >= 15 is 0 Å². The fourth-order valence-electron chi connectivity index (χ4n) is 2.49. The average molecular weight is 304 g/mol. The van der Waals surface area contributed by atoms with E-state index in [1.807, 2.05) is 12.1 Å². The van der Waals surface area contributed by atoms with E-state index in [0.29, 0.717) is 22.6 Å². The molecule has 0 aliphatic rings. The van der Waals surface area contributed by atoms with Crippen LogP contribution in [0.15, 0.2) is 54.9 Å². The lowest BCUT2D eigenvalue weighted by Gasteiger charge is -2.07.